The fourth-order valence-electron chi connectivity index (χ4n) is 2.46. The second-order valence-electron chi connectivity index (χ2n) is 6.36. The van der Waals surface area contributed by atoms with Crippen molar-refractivity contribution in [2.45, 2.75) is 32.7 Å². The maximum Gasteiger partial charge on any atom is 0.0809 e. The molecule has 3 heterocycles. The Morgan fingerprint density at radius 2 is 2.00 bits per heavy atom. The summed E-state index contributed by atoms with van der Waals surface area (Å²) in [7, 11) is 0. The number of fused-ring (bicyclic) bond motifs is 1. The van der Waals surface area contributed by atoms with Gasteiger partial charge in [0.15, 0.2) is 0 Å². The summed E-state index contributed by atoms with van der Waals surface area (Å²) in [6, 6.07) is 8.52. The highest BCUT2D eigenvalue weighted by Crippen LogP contribution is 2.21. The van der Waals surface area contributed by atoms with Gasteiger partial charge in [0.2, 0.25) is 0 Å². The molecule has 0 fully saturated rings. The highest BCUT2D eigenvalue weighted by atomic mass is 32.1. The van der Waals surface area contributed by atoms with E-state index in [2.05, 4.69) is 65.7 Å². The van der Waals surface area contributed by atoms with E-state index >= 15 is 0 Å². The number of hydrogen-bond donors (Lipinski definition) is 1. The van der Waals surface area contributed by atoms with Crippen molar-refractivity contribution in [3.63, 3.8) is 0 Å². The van der Waals surface area contributed by atoms with Crippen molar-refractivity contribution in [2.75, 3.05) is 6.54 Å². The smallest absolute Gasteiger partial charge is 0.0809 e. The van der Waals surface area contributed by atoms with Gasteiger partial charge in [0.1, 0.15) is 0 Å². The fourth-order valence-corrected chi connectivity index (χ4v) is 3.27. The Bertz CT molecular complexity index is 759. The second-order valence-corrected chi connectivity index (χ2v) is 7.30. The summed E-state index contributed by atoms with van der Waals surface area (Å²) >= 11 is 1.74. The molecular formula is C18H21N3S. The molecule has 3 aromatic rings. The largest absolute Gasteiger partial charge is 0.312 e. The molecule has 4 heteroatoms. The van der Waals surface area contributed by atoms with E-state index in [0.717, 1.165) is 24.3 Å². The van der Waals surface area contributed by atoms with E-state index in [9.17, 15) is 0 Å². The Hall–Kier alpha value is -1.78. The average molecular weight is 311 g/mol. The van der Waals surface area contributed by atoms with Crippen molar-refractivity contribution in [3.8, 4) is 0 Å². The number of pyridine rings is 2. The van der Waals surface area contributed by atoms with Gasteiger partial charge in [-0.2, -0.15) is 0 Å². The summed E-state index contributed by atoms with van der Waals surface area (Å²) in [4.78, 5) is 9.04. The van der Waals surface area contributed by atoms with E-state index in [1.807, 2.05) is 12.4 Å². The lowest BCUT2D eigenvalue weighted by Crippen LogP contribution is -2.33. The Morgan fingerprint density at radius 3 is 2.77 bits per heavy atom. The van der Waals surface area contributed by atoms with Crippen molar-refractivity contribution in [1.29, 1.82) is 0 Å². The SMILES string of the molecule is Cc1ccc(C(C)(C)CNCc2cnc3ccsc3c2)nc1. The lowest BCUT2D eigenvalue weighted by Gasteiger charge is -2.24. The normalized spacial score (nSPS) is 12.0. The molecule has 114 valence electrons. The van der Waals surface area contributed by atoms with Crippen molar-refractivity contribution < 1.29 is 0 Å². The number of rotatable bonds is 5. The molecule has 22 heavy (non-hydrogen) atoms. The zero-order valence-electron chi connectivity index (χ0n) is 13.3. The Morgan fingerprint density at radius 1 is 1.14 bits per heavy atom. The van der Waals surface area contributed by atoms with Gasteiger partial charge in [0.25, 0.3) is 0 Å². The zero-order chi connectivity index (χ0) is 15.6. The van der Waals surface area contributed by atoms with Gasteiger partial charge in [0.05, 0.1) is 10.2 Å². The minimum absolute atomic E-state index is 0.00810. The van der Waals surface area contributed by atoms with Crippen LogP contribution in [0.15, 0.2) is 42.0 Å². The molecule has 0 aromatic carbocycles. The van der Waals surface area contributed by atoms with Gasteiger partial charge >= 0.3 is 0 Å². The van der Waals surface area contributed by atoms with Crippen LogP contribution in [0.25, 0.3) is 10.2 Å². The van der Waals surface area contributed by atoms with Gasteiger partial charge < -0.3 is 5.32 Å². The fraction of sp³-hybridized carbons (Fsp3) is 0.333. The second kappa shape index (κ2) is 6.15. The molecule has 0 aliphatic heterocycles. The van der Waals surface area contributed by atoms with Crippen LogP contribution >= 0.6 is 11.3 Å². The molecule has 0 aliphatic carbocycles. The first-order chi connectivity index (χ1) is 10.5. The summed E-state index contributed by atoms with van der Waals surface area (Å²) in [6.45, 7) is 8.22. The van der Waals surface area contributed by atoms with Crippen molar-refractivity contribution >= 4 is 21.6 Å². The molecule has 0 radical (unpaired) electrons. The van der Waals surface area contributed by atoms with E-state index in [-0.39, 0.29) is 5.41 Å². The van der Waals surface area contributed by atoms with Gasteiger partial charge in [0, 0.05) is 36.6 Å². The van der Waals surface area contributed by atoms with Crippen LogP contribution in [0.5, 0.6) is 0 Å². The third-order valence-electron chi connectivity index (χ3n) is 3.86. The van der Waals surface area contributed by atoms with E-state index in [1.54, 1.807) is 11.3 Å². The first kappa shape index (κ1) is 15.1. The topological polar surface area (TPSA) is 37.8 Å². The van der Waals surface area contributed by atoms with Crippen molar-refractivity contribution in [1.82, 2.24) is 15.3 Å². The molecule has 0 spiro atoms. The van der Waals surface area contributed by atoms with Crippen LogP contribution in [0.1, 0.15) is 30.7 Å². The molecule has 0 bridgehead atoms. The Kier molecular flexibility index (Phi) is 4.23. The minimum Gasteiger partial charge on any atom is -0.312 e. The molecule has 1 N–H and O–H groups in total. The monoisotopic (exact) mass is 311 g/mol. The van der Waals surface area contributed by atoms with Gasteiger partial charge in [-0.3, -0.25) is 9.97 Å². The summed E-state index contributed by atoms with van der Waals surface area (Å²) in [5.41, 5.74) is 4.63. The van der Waals surface area contributed by atoms with E-state index in [1.165, 1.54) is 15.8 Å². The number of nitrogens with one attached hydrogen (secondary N) is 1. The molecule has 3 rings (SSSR count). The first-order valence-electron chi connectivity index (χ1n) is 7.51. The van der Waals surface area contributed by atoms with Gasteiger partial charge in [-0.25, -0.2) is 0 Å². The van der Waals surface area contributed by atoms with Crippen LogP contribution in [0.3, 0.4) is 0 Å². The Labute approximate surface area is 135 Å². The maximum atomic E-state index is 4.56. The Balaban J connectivity index is 1.62. The lowest BCUT2D eigenvalue weighted by molar-refractivity contribution is 0.457. The highest BCUT2D eigenvalue weighted by Gasteiger charge is 2.21. The summed E-state index contributed by atoms with van der Waals surface area (Å²) in [5.74, 6) is 0. The number of hydrogen-bond acceptors (Lipinski definition) is 4. The summed E-state index contributed by atoms with van der Waals surface area (Å²) < 4.78 is 1.25. The van der Waals surface area contributed by atoms with E-state index in [0.29, 0.717) is 0 Å². The molecule has 0 aliphatic rings. The third kappa shape index (κ3) is 3.34. The molecule has 0 saturated carbocycles. The molecule has 0 atom stereocenters. The van der Waals surface area contributed by atoms with Gasteiger partial charge in [-0.05, 0) is 41.6 Å². The number of aromatic nitrogens is 2. The van der Waals surface area contributed by atoms with Gasteiger partial charge in [-0.15, -0.1) is 11.3 Å². The minimum atomic E-state index is 0.00810. The molecule has 0 amide bonds. The zero-order valence-corrected chi connectivity index (χ0v) is 14.1. The standard InChI is InChI=1S/C18H21N3S/c1-13-4-5-17(21-9-13)18(2,3)12-19-10-14-8-16-15(20-11-14)6-7-22-16/h4-9,11,19H,10,12H2,1-3H3. The van der Waals surface area contributed by atoms with Gasteiger partial charge in [-0.1, -0.05) is 19.9 Å². The molecular weight excluding hydrogens is 290 g/mol. The summed E-state index contributed by atoms with van der Waals surface area (Å²) in [5, 5.41) is 5.62. The van der Waals surface area contributed by atoms with E-state index in [4.69, 9.17) is 0 Å². The molecule has 3 nitrogen and oxygen atoms in total. The van der Waals surface area contributed by atoms with Crippen LogP contribution in [0.4, 0.5) is 0 Å². The van der Waals surface area contributed by atoms with Crippen LogP contribution < -0.4 is 5.32 Å². The van der Waals surface area contributed by atoms with Crippen molar-refractivity contribution in [2.24, 2.45) is 0 Å². The highest BCUT2D eigenvalue weighted by molar-refractivity contribution is 7.17. The summed E-state index contributed by atoms with van der Waals surface area (Å²) in [6.07, 6.45) is 3.89. The third-order valence-corrected chi connectivity index (χ3v) is 4.71. The maximum absolute atomic E-state index is 4.56. The van der Waals surface area contributed by atoms with Crippen LogP contribution in [0.2, 0.25) is 0 Å². The number of nitrogens with zero attached hydrogens (tertiary/aromatic N) is 2. The number of aryl methyl sites for hydroxylation is 1. The molecule has 0 unspecified atom stereocenters. The lowest BCUT2D eigenvalue weighted by atomic mass is 9.88. The van der Waals surface area contributed by atoms with Crippen molar-refractivity contribution in [3.05, 3.63) is 58.9 Å². The number of thiophene rings is 1. The molecule has 3 aromatic heterocycles. The van der Waals surface area contributed by atoms with Crippen LogP contribution in [-0.2, 0) is 12.0 Å². The first-order valence-corrected chi connectivity index (χ1v) is 8.38. The predicted molar refractivity (Wildman–Crippen MR) is 93.3 cm³/mol. The predicted octanol–water partition coefficient (Wildman–Crippen LogP) is 4.07. The van der Waals surface area contributed by atoms with E-state index < -0.39 is 0 Å². The average Bonchev–Trinajstić information content (AvgIpc) is 2.95. The van der Waals surface area contributed by atoms with Crippen LogP contribution in [0, 0.1) is 6.92 Å². The molecule has 0 saturated heterocycles. The quantitative estimate of drug-likeness (QED) is 0.772. The van der Waals surface area contributed by atoms with Crippen LogP contribution in [-0.4, -0.2) is 16.5 Å².